The first kappa shape index (κ1) is 16.3. The van der Waals surface area contributed by atoms with Crippen LogP contribution in [0.4, 0.5) is 5.69 Å². The van der Waals surface area contributed by atoms with Crippen molar-refractivity contribution < 1.29 is 9.66 Å². The maximum absolute atomic E-state index is 10.8. The number of thioether (sulfide) groups is 1. The molecule has 0 amide bonds. The van der Waals surface area contributed by atoms with Crippen molar-refractivity contribution in [2.75, 3.05) is 12.5 Å². The summed E-state index contributed by atoms with van der Waals surface area (Å²) in [6, 6.07) is 6.20. The molecule has 7 nitrogen and oxygen atoms in total. The Hall–Kier alpha value is -2.61. The molecule has 8 heteroatoms. The summed E-state index contributed by atoms with van der Waals surface area (Å²) in [5.74, 6) is 1.33. The number of nitro groups is 1. The van der Waals surface area contributed by atoms with Gasteiger partial charge in [-0.15, -0.1) is 11.8 Å². The van der Waals surface area contributed by atoms with Crippen molar-refractivity contribution in [3.8, 4) is 17.1 Å². The zero-order valence-corrected chi connectivity index (χ0v) is 13.9. The molecule has 0 aliphatic carbocycles. The molecule has 1 aromatic carbocycles. The van der Waals surface area contributed by atoms with Gasteiger partial charge in [0.1, 0.15) is 5.69 Å². The Morgan fingerprint density at radius 3 is 2.71 bits per heavy atom. The smallest absolute Gasteiger partial charge is 0.269 e. The standard InChI is InChI=1S/C16H16N4O3S/c1-11-14(24-10-19-11)6-9-23-16-15(17-7-8-18-16)12-2-4-13(5-3-12)20(21)22/h2-5,7-8,19H,6,9-10H2,1H3. The van der Waals surface area contributed by atoms with Crippen LogP contribution < -0.4 is 10.1 Å². The van der Waals surface area contributed by atoms with Crippen LogP contribution in [-0.2, 0) is 0 Å². The molecule has 0 atom stereocenters. The number of ether oxygens (including phenoxy) is 1. The SMILES string of the molecule is CC1=C(CCOc2nccnc2-c2ccc([N+](=O)[O-])cc2)SCN1. The summed E-state index contributed by atoms with van der Waals surface area (Å²) < 4.78 is 5.80. The van der Waals surface area contributed by atoms with E-state index in [1.807, 2.05) is 0 Å². The van der Waals surface area contributed by atoms with E-state index in [1.165, 1.54) is 22.7 Å². The molecule has 0 bridgehead atoms. The van der Waals surface area contributed by atoms with E-state index < -0.39 is 4.92 Å². The first-order valence-corrected chi connectivity index (χ1v) is 8.39. The summed E-state index contributed by atoms with van der Waals surface area (Å²) in [6.07, 6.45) is 3.95. The zero-order valence-electron chi connectivity index (χ0n) is 13.1. The van der Waals surface area contributed by atoms with Crippen molar-refractivity contribution in [1.82, 2.24) is 15.3 Å². The first-order chi connectivity index (χ1) is 11.6. The van der Waals surface area contributed by atoms with Crippen LogP contribution in [0, 0.1) is 10.1 Å². The quantitative estimate of drug-likeness (QED) is 0.635. The van der Waals surface area contributed by atoms with E-state index in [4.69, 9.17) is 4.74 Å². The van der Waals surface area contributed by atoms with E-state index in [0.717, 1.165) is 17.9 Å². The molecule has 124 valence electrons. The van der Waals surface area contributed by atoms with E-state index in [9.17, 15) is 10.1 Å². The van der Waals surface area contributed by atoms with Gasteiger partial charge in [0.15, 0.2) is 0 Å². The Balaban J connectivity index is 1.73. The Morgan fingerprint density at radius 1 is 1.29 bits per heavy atom. The molecule has 3 rings (SSSR count). The van der Waals surface area contributed by atoms with Crippen LogP contribution in [0.3, 0.4) is 0 Å². The van der Waals surface area contributed by atoms with Crippen LogP contribution in [0.25, 0.3) is 11.3 Å². The van der Waals surface area contributed by atoms with Gasteiger partial charge in [-0.3, -0.25) is 10.1 Å². The van der Waals surface area contributed by atoms with E-state index in [2.05, 4.69) is 22.2 Å². The van der Waals surface area contributed by atoms with Gasteiger partial charge < -0.3 is 10.1 Å². The topological polar surface area (TPSA) is 90.2 Å². The van der Waals surface area contributed by atoms with Crippen LogP contribution in [0.15, 0.2) is 47.3 Å². The summed E-state index contributed by atoms with van der Waals surface area (Å²) in [5, 5.41) is 14.0. The van der Waals surface area contributed by atoms with Gasteiger partial charge in [0, 0.05) is 47.1 Å². The second-order valence-corrected chi connectivity index (χ2v) is 6.20. The normalized spacial score (nSPS) is 13.7. The molecule has 0 radical (unpaired) electrons. The summed E-state index contributed by atoms with van der Waals surface area (Å²) in [6.45, 7) is 2.56. The van der Waals surface area contributed by atoms with Gasteiger partial charge in [0.2, 0.25) is 5.88 Å². The molecule has 1 aliphatic rings. The number of nitrogens with one attached hydrogen (secondary N) is 1. The number of hydrogen-bond donors (Lipinski definition) is 1. The number of aromatic nitrogens is 2. The average Bonchev–Trinajstić information content (AvgIpc) is 3.00. The average molecular weight is 344 g/mol. The number of benzene rings is 1. The van der Waals surface area contributed by atoms with Crippen LogP contribution in [-0.4, -0.2) is 27.4 Å². The second kappa shape index (κ2) is 7.31. The Labute approximate surface area is 143 Å². The first-order valence-electron chi connectivity index (χ1n) is 7.40. The van der Waals surface area contributed by atoms with Crippen LogP contribution in [0.1, 0.15) is 13.3 Å². The highest BCUT2D eigenvalue weighted by atomic mass is 32.2. The van der Waals surface area contributed by atoms with Crippen LogP contribution in [0.2, 0.25) is 0 Å². The molecule has 2 aromatic rings. The van der Waals surface area contributed by atoms with Gasteiger partial charge in [-0.2, -0.15) is 0 Å². The maximum atomic E-state index is 10.8. The van der Waals surface area contributed by atoms with Gasteiger partial charge >= 0.3 is 0 Å². The van der Waals surface area contributed by atoms with Crippen LogP contribution in [0.5, 0.6) is 5.88 Å². The van der Waals surface area contributed by atoms with E-state index in [0.29, 0.717) is 18.2 Å². The van der Waals surface area contributed by atoms with E-state index >= 15 is 0 Å². The molecule has 0 spiro atoms. The lowest BCUT2D eigenvalue weighted by Crippen LogP contribution is -2.04. The van der Waals surface area contributed by atoms with E-state index in [1.54, 1.807) is 36.3 Å². The van der Waals surface area contributed by atoms with Gasteiger partial charge in [-0.1, -0.05) is 0 Å². The highest BCUT2D eigenvalue weighted by molar-refractivity contribution is 8.03. The van der Waals surface area contributed by atoms with Crippen molar-refractivity contribution in [3.05, 3.63) is 57.4 Å². The molecule has 0 fully saturated rings. The second-order valence-electron chi connectivity index (χ2n) is 5.13. The third-order valence-electron chi connectivity index (χ3n) is 3.59. The molecular formula is C16H16N4O3S. The lowest BCUT2D eigenvalue weighted by molar-refractivity contribution is -0.384. The van der Waals surface area contributed by atoms with Crippen LogP contribution >= 0.6 is 11.8 Å². The number of nitro benzene ring substituents is 1. The molecule has 0 unspecified atom stereocenters. The van der Waals surface area contributed by atoms with Gasteiger partial charge in [0.05, 0.1) is 17.4 Å². The minimum Gasteiger partial charge on any atom is -0.476 e. The summed E-state index contributed by atoms with van der Waals surface area (Å²) in [7, 11) is 0. The van der Waals surface area contributed by atoms with Crippen molar-refractivity contribution >= 4 is 17.4 Å². The number of allylic oxidation sites excluding steroid dienone is 1. The third kappa shape index (κ3) is 3.65. The van der Waals surface area contributed by atoms with E-state index in [-0.39, 0.29) is 5.69 Å². The predicted molar refractivity (Wildman–Crippen MR) is 92.5 cm³/mol. The highest BCUT2D eigenvalue weighted by Crippen LogP contribution is 2.29. The Bertz CT molecular complexity index is 777. The molecule has 24 heavy (non-hydrogen) atoms. The van der Waals surface area contributed by atoms with Gasteiger partial charge in [-0.05, 0) is 19.1 Å². The molecular weight excluding hydrogens is 328 g/mol. The maximum Gasteiger partial charge on any atom is 0.269 e. The number of rotatable bonds is 6. The van der Waals surface area contributed by atoms with Crippen molar-refractivity contribution in [3.63, 3.8) is 0 Å². The molecule has 1 aromatic heterocycles. The fourth-order valence-electron chi connectivity index (χ4n) is 2.31. The molecule has 0 saturated heterocycles. The molecule has 1 N–H and O–H groups in total. The van der Waals surface area contributed by atoms with Crippen molar-refractivity contribution in [2.24, 2.45) is 0 Å². The summed E-state index contributed by atoms with van der Waals surface area (Å²) in [5.41, 5.74) is 2.54. The third-order valence-corrected chi connectivity index (χ3v) is 4.73. The largest absolute Gasteiger partial charge is 0.476 e. The number of non-ortho nitro benzene ring substituents is 1. The number of hydrogen-bond acceptors (Lipinski definition) is 7. The fraction of sp³-hybridized carbons (Fsp3) is 0.250. The summed E-state index contributed by atoms with van der Waals surface area (Å²) in [4.78, 5) is 20.1. The monoisotopic (exact) mass is 344 g/mol. The molecule has 0 saturated carbocycles. The minimum atomic E-state index is -0.429. The van der Waals surface area contributed by atoms with Gasteiger partial charge in [0.25, 0.3) is 5.69 Å². The van der Waals surface area contributed by atoms with Crippen molar-refractivity contribution in [1.29, 1.82) is 0 Å². The molecule has 1 aliphatic heterocycles. The fourth-order valence-corrected chi connectivity index (χ4v) is 3.29. The lowest BCUT2D eigenvalue weighted by atomic mass is 10.1. The zero-order chi connectivity index (χ0) is 16.9. The summed E-state index contributed by atoms with van der Waals surface area (Å²) >= 11 is 1.78. The lowest BCUT2D eigenvalue weighted by Gasteiger charge is -2.09. The van der Waals surface area contributed by atoms with Gasteiger partial charge in [-0.25, -0.2) is 9.97 Å². The Morgan fingerprint density at radius 2 is 2.04 bits per heavy atom. The predicted octanol–water partition coefficient (Wildman–Crippen LogP) is 3.35. The Kier molecular flexibility index (Phi) is 4.95. The highest BCUT2D eigenvalue weighted by Gasteiger charge is 2.14. The molecule has 2 heterocycles. The minimum absolute atomic E-state index is 0.0401. The number of nitrogens with zero attached hydrogens (tertiary/aromatic N) is 3. The van der Waals surface area contributed by atoms with Crippen molar-refractivity contribution in [2.45, 2.75) is 13.3 Å².